The van der Waals surface area contributed by atoms with Gasteiger partial charge in [-0.15, -0.1) is 0 Å². The van der Waals surface area contributed by atoms with Crippen molar-refractivity contribution in [3.05, 3.63) is 24.3 Å². The van der Waals surface area contributed by atoms with Crippen LogP contribution in [-0.2, 0) is 9.53 Å². The van der Waals surface area contributed by atoms with Crippen molar-refractivity contribution >= 4 is 17.9 Å². The lowest BCUT2D eigenvalue weighted by atomic mass is 9.97. The van der Waals surface area contributed by atoms with Crippen LogP contribution in [0.4, 0.5) is 4.79 Å². The Bertz CT molecular complexity index is 654. The maximum absolute atomic E-state index is 12.3. The van der Waals surface area contributed by atoms with E-state index in [0.29, 0.717) is 45.6 Å². The molecule has 1 N–H and O–H groups in total. The molecule has 0 radical (unpaired) electrons. The number of hydrogen-bond donors (Lipinski definition) is 1. The van der Waals surface area contributed by atoms with Gasteiger partial charge in [-0.05, 0) is 19.8 Å². The quantitative estimate of drug-likeness (QED) is 0.826. The lowest BCUT2D eigenvalue weighted by Gasteiger charge is -2.39. The van der Waals surface area contributed by atoms with Gasteiger partial charge in [-0.25, -0.2) is 9.78 Å². The van der Waals surface area contributed by atoms with Gasteiger partial charge < -0.3 is 19.9 Å². The van der Waals surface area contributed by atoms with E-state index in [0.717, 1.165) is 0 Å². The van der Waals surface area contributed by atoms with Crippen LogP contribution < -0.4 is 5.32 Å². The van der Waals surface area contributed by atoms with Gasteiger partial charge in [0.2, 0.25) is 5.91 Å². The second-order valence-electron chi connectivity index (χ2n) is 6.47. The number of hydrogen-bond acceptors (Lipinski definition) is 6. The minimum Gasteiger partial charge on any atom is -0.450 e. The Kier molecular flexibility index (Phi) is 5.65. The van der Waals surface area contributed by atoms with Crippen molar-refractivity contribution in [1.82, 2.24) is 25.1 Å². The van der Waals surface area contributed by atoms with Crippen LogP contribution in [0.1, 0.15) is 30.3 Å². The molecule has 140 valence electrons. The molecule has 2 aliphatic heterocycles. The molecule has 1 aromatic heterocycles. The Morgan fingerprint density at radius 2 is 1.92 bits per heavy atom. The van der Waals surface area contributed by atoms with Gasteiger partial charge in [0.05, 0.1) is 18.7 Å². The first kappa shape index (κ1) is 18.1. The number of nitrogens with zero attached hydrogens (tertiary/aromatic N) is 4. The van der Waals surface area contributed by atoms with Crippen molar-refractivity contribution in [2.75, 3.05) is 32.8 Å². The smallest absolute Gasteiger partial charge is 0.409 e. The molecule has 0 aromatic carbocycles. The van der Waals surface area contributed by atoms with Gasteiger partial charge in [-0.2, -0.15) is 0 Å². The summed E-state index contributed by atoms with van der Waals surface area (Å²) in [4.78, 5) is 47.3. The number of carbonyl (C=O) groups excluding carboxylic acids is 3. The zero-order chi connectivity index (χ0) is 18.5. The highest BCUT2D eigenvalue weighted by Crippen LogP contribution is 2.19. The number of piperidine rings is 1. The first-order valence-electron chi connectivity index (χ1n) is 8.85. The van der Waals surface area contributed by atoms with Crippen LogP contribution in [0.2, 0.25) is 0 Å². The number of likely N-dealkylation sites (tertiary alicyclic amines) is 2. The molecule has 9 heteroatoms. The normalized spacial score (nSPS) is 18.2. The molecule has 0 saturated carbocycles. The molecule has 0 aliphatic carbocycles. The minimum atomic E-state index is -0.297. The van der Waals surface area contributed by atoms with Crippen LogP contribution >= 0.6 is 0 Å². The fourth-order valence-electron chi connectivity index (χ4n) is 3.12. The number of aromatic nitrogens is 2. The van der Waals surface area contributed by atoms with E-state index in [1.54, 1.807) is 16.7 Å². The number of rotatable bonds is 4. The third-order valence-corrected chi connectivity index (χ3v) is 4.69. The van der Waals surface area contributed by atoms with E-state index in [2.05, 4.69) is 15.3 Å². The maximum atomic E-state index is 12.3. The van der Waals surface area contributed by atoms with Crippen molar-refractivity contribution in [1.29, 1.82) is 0 Å². The largest absolute Gasteiger partial charge is 0.450 e. The van der Waals surface area contributed by atoms with Crippen LogP contribution in [-0.4, -0.2) is 76.5 Å². The fourth-order valence-corrected chi connectivity index (χ4v) is 3.12. The Balaban J connectivity index is 1.39. The molecule has 3 amide bonds. The van der Waals surface area contributed by atoms with Gasteiger partial charge in [0.25, 0.3) is 5.91 Å². The summed E-state index contributed by atoms with van der Waals surface area (Å²) in [5, 5.41) is 3.03. The minimum absolute atomic E-state index is 0.0391. The van der Waals surface area contributed by atoms with Crippen molar-refractivity contribution in [2.24, 2.45) is 5.92 Å². The molecular weight excluding hydrogens is 338 g/mol. The summed E-state index contributed by atoms with van der Waals surface area (Å²) in [6, 6.07) is 0.0536. The summed E-state index contributed by atoms with van der Waals surface area (Å²) >= 11 is 0. The summed E-state index contributed by atoms with van der Waals surface area (Å²) in [5.41, 5.74) is 0.290. The zero-order valence-electron chi connectivity index (χ0n) is 14.8. The van der Waals surface area contributed by atoms with Crippen molar-refractivity contribution < 1.29 is 19.1 Å². The van der Waals surface area contributed by atoms with Crippen molar-refractivity contribution in [3.63, 3.8) is 0 Å². The van der Waals surface area contributed by atoms with Crippen LogP contribution in [0.3, 0.4) is 0 Å². The van der Waals surface area contributed by atoms with E-state index in [1.165, 1.54) is 18.6 Å². The molecule has 2 aliphatic rings. The lowest BCUT2D eigenvalue weighted by molar-refractivity contribution is -0.130. The van der Waals surface area contributed by atoms with Crippen LogP contribution in [0.15, 0.2) is 18.6 Å². The average molecular weight is 361 g/mol. The Hall–Kier alpha value is -2.71. The third-order valence-electron chi connectivity index (χ3n) is 4.69. The number of nitrogens with one attached hydrogen (secondary N) is 1. The first-order chi connectivity index (χ1) is 12.6. The van der Waals surface area contributed by atoms with Gasteiger partial charge in [0, 0.05) is 44.6 Å². The third kappa shape index (κ3) is 4.09. The highest BCUT2D eigenvalue weighted by molar-refractivity contribution is 5.94. The molecule has 0 spiro atoms. The van der Waals surface area contributed by atoms with Crippen LogP contribution in [0.25, 0.3) is 0 Å². The summed E-state index contributed by atoms with van der Waals surface area (Å²) in [6.45, 7) is 4.08. The Morgan fingerprint density at radius 3 is 2.54 bits per heavy atom. The predicted molar refractivity (Wildman–Crippen MR) is 91.2 cm³/mol. The molecule has 0 unspecified atom stereocenters. The van der Waals surface area contributed by atoms with E-state index >= 15 is 0 Å². The van der Waals surface area contributed by atoms with Gasteiger partial charge in [0.1, 0.15) is 5.69 Å². The van der Waals surface area contributed by atoms with Crippen LogP contribution in [0.5, 0.6) is 0 Å². The Labute approximate surface area is 151 Å². The standard InChI is InChI=1S/C17H23N5O4/c1-2-26-17(25)21-7-3-13(4-8-21)20-15(23)12-10-22(11-12)16(24)14-9-18-5-6-19-14/h5-6,9,12-13H,2-4,7-8,10-11H2,1H3,(H,20,23). The van der Waals surface area contributed by atoms with E-state index in [-0.39, 0.29) is 35.6 Å². The van der Waals surface area contributed by atoms with E-state index in [9.17, 15) is 14.4 Å². The lowest BCUT2D eigenvalue weighted by Crippen LogP contribution is -2.58. The predicted octanol–water partition coefficient (Wildman–Crippen LogP) is 0.286. The number of ether oxygens (including phenoxy) is 1. The maximum Gasteiger partial charge on any atom is 0.409 e. The molecule has 2 saturated heterocycles. The van der Waals surface area contributed by atoms with E-state index < -0.39 is 0 Å². The van der Waals surface area contributed by atoms with E-state index in [1.807, 2.05) is 0 Å². The molecule has 2 fully saturated rings. The van der Waals surface area contributed by atoms with Crippen LogP contribution in [0, 0.1) is 5.92 Å². The van der Waals surface area contributed by atoms with E-state index in [4.69, 9.17) is 4.74 Å². The Morgan fingerprint density at radius 1 is 1.19 bits per heavy atom. The molecular formula is C17H23N5O4. The van der Waals surface area contributed by atoms with Gasteiger partial charge >= 0.3 is 6.09 Å². The van der Waals surface area contributed by atoms with Crippen molar-refractivity contribution in [3.8, 4) is 0 Å². The van der Waals surface area contributed by atoms with Crippen molar-refractivity contribution in [2.45, 2.75) is 25.8 Å². The number of amides is 3. The average Bonchev–Trinajstić information content (AvgIpc) is 2.62. The molecule has 3 heterocycles. The SMILES string of the molecule is CCOC(=O)N1CCC(NC(=O)C2CN(C(=O)c3cnccn3)C2)CC1. The highest BCUT2D eigenvalue weighted by Gasteiger charge is 2.37. The highest BCUT2D eigenvalue weighted by atomic mass is 16.6. The second-order valence-corrected chi connectivity index (χ2v) is 6.47. The summed E-state index contributed by atoms with van der Waals surface area (Å²) < 4.78 is 4.99. The summed E-state index contributed by atoms with van der Waals surface area (Å²) in [7, 11) is 0. The fraction of sp³-hybridized carbons (Fsp3) is 0.588. The molecule has 9 nitrogen and oxygen atoms in total. The topological polar surface area (TPSA) is 105 Å². The zero-order valence-corrected chi connectivity index (χ0v) is 14.8. The molecule has 0 atom stereocenters. The second kappa shape index (κ2) is 8.11. The van der Waals surface area contributed by atoms with Gasteiger partial charge in [-0.3, -0.25) is 14.6 Å². The molecule has 26 heavy (non-hydrogen) atoms. The molecule has 0 bridgehead atoms. The summed E-state index contributed by atoms with van der Waals surface area (Å²) in [6.07, 6.45) is 5.52. The summed E-state index contributed by atoms with van der Waals surface area (Å²) in [5.74, 6) is -0.439. The number of carbonyl (C=O) groups is 3. The molecule has 1 aromatic rings. The monoisotopic (exact) mass is 361 g/mol. The van der Waals surface area contributed by atoms with Gasteiger partial charge in [0.15, 0.2) is 0 Å². The first-order valence-corrected chi connectivity index (χ1v) is 8.85. The molecule has 3 rings (SSSR count). The van der Waals surface area contributed by atoms with Gasteiger partial charge in [-0.1, -0.05) is 0 Å².